The molecule has 1 N–H and O–H groups in total. The molecule has 0 radical (unpaired) electrons. The van der Waals surface area contributed by atoms with Crippen molar-refractivity contribution < 1.29 is 18.3 Å². The normalized spacial score (nSPS) is 14.8. The minimum Gasteiger partial charge on any atom is -0.433 e. The second-order valence-corrected chi connectivity index (χ2v) is 4.32. The van der Waals surface area contributed by atoms with Gasteiger partial charge in [-0.2, -0.15) is 8.78 Å². The van der Waals surface area contributed by atoms with Gasteiger partial charge in [-0.3, -0.25) is 4.79 Å². The summed E-state index contributed by atoms with van der Waals surface area (Å²) in [6.45, 7) is -1.24. The highest BCUT2D eigenvalue weighted by atomic mass is 19.3. The SMILES string of the molecule is O=C(CNc1ccccc1OC(F)F)N1CCCC1. The number of hydrogen-bond donors (Lipinski definition) is 1. The zero-order valence-electron chi connectivity index (χ0n) is 10.4. The van der Waals surface area contributed by atoms with Gasteiger partial charge in [0.2, 0.25) is 5.91 Å². The molecular formula is C13H16F2N2O2. The predicted molar refractivity (Wildman–Crippen MR) is 67.4 cm³/mol. The molecule has 0 aromatic heterocycles. The van der Waals surface area contributed by atoms with E-state index in [1.807, 2.05) is 0 Å². The summed E-state index contributed by atoms with van der Waals surface area (Å²) in [5.41, 5.74) is 0.398. The van der Waals surface area contributed by atoms with Crippen LogP contribution in [0.2, 0.25) is 0 Å². The van der Waals surface area contributed by atoms with E-state index in [0.29, 0.717) is 5.69 Å². The molecule has 4 nitrogen and oxygen atoms in total. The van der Waals surface area contributed by atoms with E-state index in [-0.39, 0.29) is 18.2 Å². The van der Waals surface area contributed by atoms with Crippen LogP contribution in [0.25, 0.3) is 0 Å². The fourth-order valence-electron chi connectivity index (χ4n) is 2.06. The molecule has 2 rings (SSSR count). The Bertz CT molecular complexity index is 434. The zero-order chi connectivity index (χ0) is 13.7. The number of ether oxygens (including phenoxy) is 1. The molecular weight excluding hydrogens is 254 g/mol. The summed E-state index contributed by atoms with van der Waals surface area (Å²) in [7, 11) is 0. The van der Waals surface area contributed by atoms with Gasteiger partial charge < -0.3 is 15.0 Å². The number of para-hydroxylation sites is 2. The number of anilines is 1. The van der Waals surface area contributed by atoms with Crippen molar-refractivity contribution in [3.8, 4) is 5.75 Å². The van der Waals surface area contributed by atoms with E-state index in [4.69, 9.17) is 0 Å². The summed E-state index contributed by atoms with van der Waals surface area (Å²) >= 11 is 0. The number of hydrogen-bond acceptors (Lipinski definition) is 3. The van der Waals surface area contributed by atoms with E-state index >= 15 is 0 Å². The summed E-state index contributed by atoms with van der Waals surface area (Å²) in [5.74, 6) is 0.0241. The van der Waals surface area contributed by atoms with Crippen molar-refractivity contribution >= 4 is 11.6 Å². The maximum atomic E-state index is 12.2. The third kappa shape index (κ3) is 3.81. The Morgan fingerprint density at radius 2 is 2.00 bits per heavy atom. The van der Waals surface area contributed by atoms with E-state index in [1.165, 1.54) is 6.07 Å². The average Bonchev–Trinajstić information content (AvgIpc) is 2.90. The number of carbonyl (C=O) groups is 1. The standard InChI is InChI=1S/C13H16F2N2O2/c14-13(15)19-11-6-2-1-5-10(11)16-9-12(18)17-7-3-4-8-17/h1-2,5-6,13,16H,3-4,7-9H2. The Kier molecular flexibility index (Phi) is 4.54. The lowest BCUT2D eigenvalue weighted by Crippen LogP contribution is -2.33. The first kappa shape index (κ1) is 13.6. The third-order valence-electron chi connectivity index (χ3n) is 2.99. The van der Waals surface area contributed by atoms with Gasteiger partial charge in [0.25, 0.3) is 0 Å². The molecule has 0 aliphatic carbocycles. The lowest BCUT2D eigenvalue weighted by Gasteiger charge is -2.17. The second kappa shape index (κ2) is 6.36. The van der Waals surface area contributed by atoms with E-state index < -0.39 is 6.61 Å². The first-order valence-electron chi connectivity index (χ1n) is 6.22. The Morgan fingerprint density at radius 3 is 2.68 bits per heavy atom. The molecule has 104 valence electrons. The molecule has 1 aliphatic heterocycles. The monoisotopic (exact) mass is 270 g/mol. The van der Waals surface area contributed by atoms with Gasteiger partial charge in [-0.15, -0.1) is 0 Å². The van der Waals surface area contributed by atoms with Crippen molar-refractivity contribution in [3.05, 3.63) is 24.3 Å². The van der Waals surface area contributed by atoms with E-state index in [2.05, 4.69) is 10.1 Å². The Labute approximate surface area is 110 Å². The highest BCUT2D eigenvalue weighted by Gasteiger charge is 2.18. The number of halogens is 2. The van der Waals surface area contributed by atoms with E-state index in [0.717, 1.165) is 25.9 Å². The van der Waals surface area contributed by atoms with Gasteiger partial charge in [-0.25, -0.2) is 0 Å². The van der Waals surface area contributed by atoms with E-state index in [9.17, 15) is 13.6 Å². The van der Waals surface area contributed by atoms with Gasteiger partial charge in [0.1, 0.15) is 5.75 Å². The van der Waals surface area contributed by atoms with Crippen LogP contribution in [0.4, 0.5) is 14.5 Å². The summed E-state index contributed by atoms with van der Waals surface area (Å²) in [6.07, 6.45) is 2.05. The summed E-state index contributed by atoms with van der Waals surface area (Å²) in [4.78, 5) is 13.6. The summed E-state index contributed by atoms with van der Waals surface area (Å²) in [6, 6.07) is 6.34. The second-order valence-electron chi connectivity index (χ2n) is 4.32. The van der Waals surface area contributed by atoms with Crippen LogP contribution in [0, 0.1) is 0 Å². The molecule has 1 aromatic rings. The topological polar surface area (TPSA) is 41.6 Å². The van der Waals surface area contributed by atoms with Crippen LogP contribution in [0.5, 0.6) is 5.75 Å². The molecule has 0 saturated carbocycles. The fraction of sp³-hybridized carbons (Fsp3) is 0.462. The molecule has 6 heteroatoms. The minimum atomic E-state index is -2.88. The smallest absolute Gasteiger partial charge is 0.387 e. The molecule has 19 heavy (non-hydrogen) atoms. The third-order valence-corrected chi connectivity index (χ3v) is 2.99. The Balaban J connectivity index is 1.93. The number of benzene rings is 1. The lowest BCUT2D eigenvalue weighted by molar-refractivity contribution is -0.128. The zero-order valence-corrected chi connectivity index (χ0v) is 10.4. The maximum Gasteiger partial charge on any atom is 0.387 e. The van der Waals surface area contributed by atoms with Crippen molar-refractivity contribution in [2.75, 3.05) is 25.0 Å². The molecule has 0 atom stereocenters. The van der Waals surface area contributed by atoms with Crippen LogP contribution in [0.3, 0.4) is 0 Å². The number of rotatable bonds is 5. The van der Waals surface area contributed by atoms with Crippen molar-refractivity contribution in [2.24, 2.45) is 0 Å². The first-order chi connectivity index (χ1) is 9.16. The quantitative estimate of drug-likeness (QED) is 0.892. The maximum absolute atomic E-state index is 12.2. The van der Waals surface area contributed by atoms with Crippen LogP contribution in [0.1, 0.15) is 12.8 Å². The van der Waals surface area contributed by atoms with Gasteiger partial charge in [-0.05, 0) is 25.0 Å². The average molecular weight is 270 g/mol. The van der Waals surface area contributed by atoms with Gasteiger partial charge in [-0.1, -0.05) is 12.1 Å². The van der Waals surface area contributed by atoms with Crippen LogP contribution in [0.15, 0.2) is 24.3 Å². The first-order valence-corrected chi connectivity index (χ1v) is 6.22. The number of carbonyl (C=O) groups excluding carboxylic acids is 1. The van der Waals surface area contributed by atoms with E-state index in [1.54, 1.807) is 23.1 Å². The van der Waals surface area contributed by atoms with Crippen LogP contribution < -0.4 is 10.1 Å². The van der Waals surface area contributed by atoms with Gasteiger partial charge in [0.05, 0.1) is 12.2 Å². The van der Waals surface area contributed by atoms with Crippen LogP contribution in [-0.2, 0) is 4.79 Å². The van der Waals surface area contributed by atoms with Crippen LogP contribution in [-0.4, -0.2) is 37.1 Å². The highest BCUT2D eigenvalue weighted by molar-refractivity contribution is 5.81. The Morgan fingerprint density at radius 1 is 1.32 bits per heavy atom. The number of nitrogens with one attached hydrogen (secondary N) is 1. The summed E-state index contributed by atoms with van der Waals surface area (Å²) < 4.78 is 28.8. The lowest BCUT2D eigenvalue weighted by atomic mass is 10.3. The molecule has 1 aromatic carbocycles. The molecule has 1 saturated heterocycles. The molecule has 1 amide bonds. The van der Waals surface area contributed by atoms with Crippen molar-refractivity contribution in [1.29, 1.82) is 0 Å². The number of nitrogens with zero attached hydrogens (tertiary/aromatic N) is 1. The van der Waals surface area contributed by atoms with Crippen molar-refractivity contribution in [2.45, 2.75) is 19.5 Å². The van der Waals surface area contributed by atoms with Crippen LogP contribution >= 0.6 is 0 Å². The Hall–Kier alpha value is -1.85. The minimum absolute atomic E-state index is 0.0237. The molecule has 1 heterocycles. The molecule has 0 bridgehead atoms. The predicted octanol–water partition coefficient (Wildman–Crippen LogP) is 2.32. The van der Waals surface area contributed by atoms with Gasteiger partial charge >= 0.3 is 6.61 Å². The molecule has 0 spiro atoms. The summed E-state index contributed by atoms with van der Waals surface area (Å²) in [5, 5.41) is 2.85. The number of amides is 1. The molecule has 1 aliphatic rings. The highest BCUT2D eigenvalue weighted by Crippen LogP contribution is 2.25. The van der Waals surface area contributed by atoms with Gasteiger partial charge in [0, 0.05) is 13.1 Å². The molecule has 0 unspecified atom stereocenters. The van der Waals surface area contributed by atoms with Crippen molar-refractivity contribution in [1.82, 2.24) is 4.90 Å². The van der Waals surface area contributed by atoms with Crippen molar-refractivity contribution in [3.63, 3.8) is 0 Å². The molecule has 1 fully saturated rings. The fourth-order valence-corrected chi connectivity index (χ4v) is 2.06. The number of likely N-dealkylation sites (tertiary alicyclic amines) is 1. The largest absolute Gasteiger partial charge is 0.433 e. The number of alkyl halides is 2. The van der Waals surface area contributed by atoms with Gasteiger partial charge in [0.15, 0.2) is 0 Å².